The maximum absolute atomic E-state index is 12.7. The van der Waals surface area contributed by atoms with Gasteiger partial charge >= 0.3 is 29.6 Å². The van der Waals surface area contributed by atoms with E-state index in [1.54, 1.807) is 23.9 Å². The number of hydrogen-bond donors (Lipinski definition) is 3. The van der Waals surface area contributed by atoms with Gasteiger partial charge in [0.1, 0.15) is 17.1 Å². The molecule has 2 aliphatic rings. The molecular formula is C19H15N6NaO5S3. The number of aromatic nitrogens is 2. The van der Waals surface area contributed by atoms with Gasteiger partial charge in [0.15, 0.2) is 10.8 Å². The zero-order valence-electron chi connectivity index (χ0n) is 17.6. The van der Waals surface area contributed by atoms with Crippen molar-refractivity contribution in [2.24, 2.45) is 5.16 Å². The number of anilines is 1. The number of fused-ring (bicyclic) bond motifs is 1. The molecular weight excluding hydrogens is 511 g/mol. The Morgan fingerprint density at radius 2 is 2.12 bits per heavy atom. The summed E-state index contributed by atoms with van der Waals surface area (Å²) < 4.78 is 0. The molecule has 2 aliphatic heterocycles. The molecule has 2 aromatic heterocycles. The molecule has 4 rings (SSSR count). The number of carbonyl (C=O) groups excluding carboxylic acids is 3. The van der Waals surface area contributed by atoms with E-state index in [1.807, 2.05) is 12.1 Å². The van der Waals surface area contributed by atoms with Gasteiger partial charge < -0.3 is 26.2 Å². The molecule has 2 amide bonds. The third-order valence-electron chi connectivity index (χ3n) is 4.68. The van der Waals surface area contributed by atoms with Gasteiger partial charge in [-0.1, -0.05) is 16.9 Å². The number of carbonyl (C=O) groups is 3. The van der Waals surface area contributed by atoms with Crippen LogP contribution < -0.4 is 45.7 Å². The number of hydrogen-bond acceptors (Lipinski definition) is 12. The summed E-state index contributed by atoms with van der Waals surface area (Å²) >= 11 is 3.73. The van der Waals surface area contributed by atoms with E-state index in [0.29, 0.717) is 11.3 Å². The molecule has 0 spiro atoms. The Morgan fingerprint density at radius 3 is 2.74 bits per heavy atom. The second kappa shape index (κ2) is 11.4. The second-order valence-electron chi connectivity index (χ2n) is 6.65. The quantitative estimate of drug-likeness (QED) is 0.0843. The van der Waals surface area contributed by atoms with E-state index in [0.717, 1.165) is 21.1 Å². The van der Waals surface area contributed by atoms with Gasteiger partial charge in [-0.3, -0.25) is 19.5 Å². The second-order valence-corrected chi connectivity index (χ2v) is 9.62. The number of nitrogen functional groups attached to an aromatic ring is 1. The SMILES string of the molecule is Nc1nc(C(=NO)C(=O)NC2C(=O)N3C(C(=O)[O-])=C(C=CSc4ccncc4)CS[C@@H]23)cs1.[Na+]. The summed E-state index contributed by atoms with van der Waals surface area (Å²) in [6, 6.07) is 2.62. The number of amides is 2. The number of allylic oxidation sites excluding steroid dienone is 1. The number of nitrogens with two attached hydrogens (primary N) is 1. The molecule has 2 atom stereocenters. The van der Waals surface area contributed by atoms with Crippen LogP contribution in [-0.2, 0) is 14.4 Å². The molecule has 15 heteroatoms. The zero-order chi connectivity index (χ0) is 23.5. The summed E-state index contributed by atoms with van der Waals surface area (Å²) in [7, 11) is 0. The number of thioether (sulfide) groups is 2. The molecule has 0 bridgehead atoms. The number of nitrogens with one attached hydrogen (secondary N) is 1. The third-order valence-corrected chi connectivity index (χ3v) is 7.47. The minimum atomic E-state index is -1.48. The van der Waals surface area contributed by atoms with Crippen LogP contribution in [0, 0.1) is 0 Å². The van der Waals surface area contributed by atoms with Crippen LogP contribution in [0.1, 0.15) is 5.69 Å². The molecule has 1 saturated heterocycles. The molecule has 34 heavy (non-hydrogen) atoms. The van der Waals surface area contributed by atoms with Crippen molar-refractivity contribution < 1.29 is 54.3 Å². The number of β-lactam (4-membered cyclic amide) rings is 1. The normalized spacial score (nSPS) is 19.9. The fourth-order valence-corrected chi connectivity index (χ4v) is 5.73. The molecule has 0 saturated carbocycles. The van der Waals surface area contributed by atoms with E-state index < -0.39 is 34.9 Å². The summed E-state index contributed by atoms with van der Waals surface area (Å²) in [4.78, 5) is 47.0. The molecule has 0 aliphatic carbocycles. The molecule has 170 valence electrons. The number of pyridine rings is 1. The molecule has 4 heterocycles. The summed E-state index contributed by atoms with van der Waals surface area (Å²) in [5.41, 5.74) is 5.39. The number of thiazole rings is 1. The molecule has 1 fully saturated rings. The van der Waals surface area contributed by atoms with Crippen molar-refractivity contribution in [3.8, 4) is 0 Å². The number of aliphatic carboxylic acids is 1. The van der Waals surface area contributed by atoms with Crippen LogP contribution in [0.5, 0.6) is 0 Å². The molecule has 1 unspecified atom stereocenters. The molecule has 11 nitrogen and oxygen atoms in total. The fraction of sp³-hybridized carbons (Fsp3) is 0.158. The fourth-order valence-electron chi connectivity index (χ4n) is 3.19. The first-order valence-electron chi connectivity index (χ1n) is 9.27. The summed E-state index contributed by atoms with van der Waals surface area (Å²) in [5.74, 6) is -2.63. The molecule has 4 N–H and O–H groups in total. The van der Waals surface area contributed by atoms with Crippen LogP contribution in [0.2, 0.25) is 0 Å². The smallest absolute Gasteiger partial charge is 0.543 e. The molecule has 2 aromatic rings. The third kappa shape index (κ3) is 5.31. The number of rotatable bonds is 7. The van der Waals surface area contributed by atoms with Gasteiger partial charge in [0.05, 0.1) is 11.7 Å². The largest absolute Gasteiger partial charge is 1.00 e. The van der Waals surface area contributed by atoms with Crippen molar-refractivity contribution in [2.75, 3.05) is 11.5 Å². The van der Waals surface area contributed by atoms with E-state index >= 15 is 0 Å². The van der Waals surface area contributed by atoms with Crippen molar-refractivity contribution >= 4 is 63.5 Å². The average Bonchev–Trinajstić information content (AvgIpc) is 3.23. The van der Waals surface area contributed by atoms with Gasteiger partial charge in [0, 0.05) is 28.4 Å². The van der Waals surface area contributed by atoms with Crippen molar-refractivity contribution in [1.82, 2.24) is 20.2 Å². The molecule has 0 aromatic carbocycles. The predicted octanol–water partition coefficient (Wildman–Crippen LogP) is -2.99. The number of nitrogens with zero attached hydrogens (tertiary/aromatic N) is 4. The zero-order valence-corrected chi connectivity index (χ0v) is 22.0. The van der Waals surface area contributed by atoms with Gasteiger partial charge in [-0.2, -0.15) is 0 Å². The first-order valence-corrected chi connectivity index (χ1v) is 12.1. The minimum absolute atomic E-state index is 0. The Morgan fingerprint density at radius 1 is 1.38 bits per heavy atom. The van der Waals surface area contributed by atoms with Gasteiger partial charge in [-0.15, -0.1) is 23.1 Å². The van der Waals surface area contributed by atoms with Crippen LogP contribution in [0.4, 0.5) is 5.13 Å². The van der Waals surface area contributed by atoms with Crippen LogP contribution >= 0.6 is 34.9 Å². The van der Waals surface area contributed by atoms with Gasteiger partial charge in [0.25, 0.3) is 11.8 Å². The minimum Gasteiger partial charge on any atom is -0.543 e. The van der Waals surface area contributed by atoms with Crippen LogP contribution in [-0.4, -0.2) is 60.7 Å². The van der Waals surface area contributed by atoms with Gasteiger partial charge in [-0.05, 0) is 29.2 Å². The van der Waals surface area contributed by atoms with Crippen LogP contribution in [0.3, 0.4) is 0 Å². The predicted molar refractivity (Wildman–Crippen MR) is 121 cm³/mol. The Kier molecular flexibility index (Phi) is 8.78. The number of oxime groups is 1. The van der Waals surface area contributed by atoms with Gasteiger partial charge in [0.2, 0.25) is 0 Å². The average molecular weight is 527 g/mol. The van der Waals surface area contributed by atoms with E-state index in [4.69, 9.17) is 5.73 Å². The van der Waals surface area contributed by atoms with E-state index in [-0.39, 0.29) is 46.1 Å². The van der Waals surface area contributed by atoms with Crippen LogP contribution in [0.15, 0.2) is 62.7 Å². The summed E-state index contributed by atoms with van der Waals surface area (Å²) in [6.45, 7) is 0. The van der Waals surface area contributed by atoms with Gasteiger partial charge in [-0.25, -0.2) is 4.98 Å². The van der Waals surface area contributed by atoms with Crippen molar-refractivity contribution in [3.63, 3.8) is 0 Å². The van der Waals surface area contributed by atoms with Crippen molar-refractivity contribution in [3.05, 3.63) is 58.4 Å². The van der Waals surface area contributed by atoms with E-state index in [2.05, 4.69) is 20.4 Å². The maximum atomic E-state index is 12.7. The molecule has 0 radical (unpaired) electrons. The first kappa shape index (κ1) is 26.2. The van der Waals surface area contributed by atoms with Crippen molar-refractivity contribution in [2.45, 2.75) is 16.3 Å². The van der Waals surface area contributed by atoms with E-state index in [1.165, 1.54) is 28.9 Å². The number of carboxylic acid groups (broad SMARTS) is 1. The Bertz CT molecular complexity index is 1200. The Balaban J connectivity index is 0.00000324. The standard InChI is InChI=1S/C19H16N6O5S3.Na/c20-19-22-11(8-33-19)12(24-30)15(26)23-13-16(27)25-14(18(28)29)9(7-32-17(13)25)3-6-31-10-1-4-21-5-2-10;/h1-6,8,13,17,30H,7H2,(H2,20,22)(H,23,26)(H,28,29);/q;+1/p-1/t13?,17-;/m0./s1. The summed E-state index contributed by atoms with van der Waals surface area (Å²) in [6.07, 6.45) is 4.92. The monoisotopic (exact) mass is 526 g/mol. The first-order chi connectivity index (χ1) is 15.9. The Labute approximate surface area is 227 Å². The topological polar surface area (TPSA) is 174 Å². The van der Waals surface area contributed by atoms with Crippen LogP contribution in [0.25, 0.3) is 0 Å². The van der Waals surface area contributed by atoms with Crippen molar-refractivity contribution in [1.29, 1.82) is 0 Å². The Hall–Kier alpha value is -2.36. The van der Waals surface area contributed by atoms with E-state index in [9.17, 15) is 24.7 Å². The number of carboxylic acids is 1. The summed E-state index contributed by atoms with van der Waals surface area (Å²) in [5, 5.41) is 29.2. The maximum Gasteiger partial charge on any atom is 1.00 e.